The van der Waals surface area contributed by atoms with Gasteiger partial charge in [0.2, 0.25) is 11.9 Å². The van der Waals surface area contributed by atoms with Crippen molar-refractivity contribution in [2.24, 2.45) is 0 Å². The van der Waals surface area contributed by atoms with Crippen LogP contribution in [-0.4, -0.2) is 38.1 Å². The number of hydrogen-bond acceptors (Lipinski definition) is 5. The molecule has 0 radical (unpaired) electrons. The van der Waals surface area contributed by atoms with Gasteiger partial charge in [-0.2, -0.15) is 4.52 Å². The number of carbonyl (C=O) groups excluding carboxylic acids is 1. The fraction of sp³-hybridized carbons (Fsp3) is 0.238. The van der Waals surface area contributed by atoms with E-state index in [1.807, 2.05) is 24.3 Å². The van der Waals surface area contributed by atoms with Crippen molar-refractivity contribution in [1.82, 2.24) is 24.9 Å². The number of nitrogens with zero attached hydrogens (tertiary/aromatic N) is 4. The van der Waals surface area contributed by atoms with Crippen LogP contribution in [0.5, 0.6) is 0 Å². The molecule has 7 nitrogen and oxygen atoms in total. The maximum atomic E-state index is 13.6. The van der Waals surface area contributed by atoms with E-state index in [2.05, 4.69) is 25.7 Å². The van der Waals surface area contributed by atoms with E-state index >= 15 is 0 Å². The van der Waals surface area contributed by atoms with Gasteiger partial charge >= 0.3 is 0 Å². The van der Waals surface area contributed by atoms with Crippen molar-refractivity contribution >= 4 is 40.0 Å². The third-order valence-electron chi connectivity index (χ3n) is 5.20. The van der Waals surface area contributed by atoms with Crippen LogP contribution in [0.2, 0.25) is 5.02 Å². The van der Waals surface area contributed by atoms with E-state index in [4.69, 9.17) is 11.6 Å². The molecule has 0 spiro atoms. The topological polar surface area (TPSA) is 84.2 Å². The zero-order valence-electron chi connectivity index (χ0n) is 15.9. The minimum Gasteiger partial charge on any atom is -0.354 e. The van der Waals surface area contributed by atoms with Gasteiger partial charge in [-0.15, -0.1) is 5.10 Å². The van der Waals surface area contributed by atoms with Crippen LogP contribution < -0.4 is 10.6 Å². The average molecular weight is 425 g/mol. The van der Waals surface area contributed by atoms with Crippen molar-refractivity contribution in [2.75, 3.05) is 11.9 Å². The van der Waals surface area contributed by atoms with E-state index in [1.54, 1.807) is 10.6 Å². The van der Waals surface area contributed by atoms with Crippen molar-refractivity contribution in [3.8, 4) is 11.4 Å². The summed E-state index contributed by atoms with van der Waals surface area (Å²) in [6.45, 7) is 0.677. The van der Waals surface area contributed by atoms with E-state index in [0.29, 0.717) is 35.9 Å². The Morgan fingerprint density at radius 2 is 2.03 bits per heavy atom. The Bertz CT molecular complexity index is 1270. The minimum absolute atomic E-state index is 0.00261. The normalized spacial score (nSPS) is 17.1. The quantitative estimate of drug-likeness (QED) is 0.522. The van der Waals surface area contributed by atoms with E-state index in [-0.39, 0.29) is 10.9 Å². The van der Waals surface area contributed by atoms with Crippen LogP contribution in [0, 0.1) is 5.82 Å². The lowest BCUT2D eigenvalue weighted by Crippen LogP contribution is -2.38. The van der Waals surface area contributed by atoms with Crippen LogP contribution in [0.15, 0.2) is 42.5 Å². The second-order valence-electron chi connectivity index (χ2n) is 7.24. The molecule has 1 fully saturated rings. The number of amides is 1. The first kappa shape index (κ1) is 18.7. The highest BCUT2D eigenvalue weighted by molar-refractivity contribution is 6.31. The summed E-state index contributed by atoms with van der Waals surface area (Å²) in [5, 5.41) is 11.6. The number of aromatic nitrogens is 4. The summed E-state index contributed by atoms with van der Waals surface area (Å²) in [4.78, 5) is 21.8. The van der Waals surface area contributed by atoms with Gasteiger partial charge < -0.3 is 10.6 Å². The van der Waals surface area contributed by atoms with Crippen molar-refractivity contribution in [3.05, 3.63) is 53.3 Å². The monoisotopic (exact) mass is 424 g/mol. The molecule has 0 unspecified atom stereocenters. The third-order valence-corrected chi connectivity index (χ3v) is 5.49. The Balaban J connectivity index is 1.66. The van der Waals surface area contributed by atoms with Gasteiger partial charge in [0.25, 0.3) is 0 Å². The van der Waals surface area contributed by atoms with E-state index in [9.17, 15) is 9.18 Å². The molecule has 5 rings (SSSR count). The van der Waals surface area contributed by atoms with Gasteiger partial charge in [0.15, 0.2) is 11.5 Å². The number of halogens is 2. The molecule has 2 aromatic carbocycles. The molecule has 0 bridgehead atoms. The zero-order chi connectivity index (χ0) is 20.7. The molecule has 1 atom stereocenters. The molecule has 152 valence electrons. The number of rotatable bonds is 3. The summed E-state index contributed by atoms with van der Waals surface area (Å²) in [5.74, 6) is 0.264. The molecule has 4 aromatic rings. The predicted octanol–water partition coefficient (Wildman–Crippen LogP) is 3.82. The number of fused-ring (bicyclic) bond motifs is 3. The van der Waals surface area contributed by atoms with Crippen molar-refractivity contribution in [3.63, 3.8) is 0 Å². The number of carbonyl (C=O) groups is 1. The lowest BCUT2D eigenvalue weighted by Gasteiger charge is -2.16. The lowest BCUT2D eigenvalue weighted by atomic mass is 10.1. The highest BCUT2D eigenvalue weighted by atomic mass is 35.5. The maximum absolute atomic E-state index is 13.6. The Kier molecular flexibility index (Phi) is 4.71. The average Bonchev–Trinajstić information content (AvgIpc) is 3.11. The van der Waals surface area contributed by atoms with Crippen LogP contribution in [0.3, 0.4) is 0 Å². The summed E-state index contributed by atoms with van der Waals surface area (Å²) < 4.78 is 15.2. The second-order valence-corrected chi connectivity index (χ2v) is 7.64. The molecule has 9 heteroatoms. The molecule has 1 saturated heterocycles. The Hall–Kier alpha value is -3.26. The van der Waals surface area contributed by atoms with Gasteiger partial charge in [-0.3, -0.25) is 4.79 Å². The second kappa shape index (κ2) is 7.53. The van der Waals surface area contributed by atoms with Gasteiger partial charge in [-0.05, 0) is 49.6 Å². The first-order valence-corrected chi connectivity index (χ1v) is 10.1. The molecule has 3 heterocycles. The summed E-state index contributed by atoms with van der Waals surface area (Å²) in [7, 11) is 0. The van der Waals surface area contributed by atoms with Gasteiger partial charge in [0, 0.05) is 17.5 Å². The highest BCUT2D eigenvalue weighted by Gasteiger charge is 2.23. The van der Waals surface area contributed by atoms with Crippen LogP contribution >= 0.6 is 11.6 Å². The standard InChI is InChI=1S/C21H18ClFN6O/c22-14-11-12(8-9-15(14)23)18-27-19-13-5-1-2-6-16(13)25-21(29(19)28-18)26-17-7-3-4-10-24-20(17)30/h1-2,5-6,8-9,11,17H,3-4,7,10H2,(H,24,30)(H,25,26)/t17-/m1/s1. The summed E-state index contributed by atoms with van der Waals surface area (Å²) in [5.41, 5.74) is 1.91. The van der Waals surface area contributed by atoms with Crippen LogP contribution in [0.25, 0.3) is 27.9 Å². The van der Waals surface area contributed by atoms with Gasteiger partial charge in [-0.1, -0.05) is 23.7 Å². The number of nitrogens with one attached hydrogen (secondary N) is 2. The van der Waals surface area contributed by atoms with Crippen LogP contribution in [0.1, 0.15) is 19.3 Å². The van der Waals surface area contributed by atoms with Crippen molar-refractivity contribution in [2.45, 2.75) is 25.3 Å². The molecule has 1 aliphatic rings. The Labute approximate surface area is 176 Å². The molecular formula is C21H18ClFN6O. The smallest absolute Gasteiger partial charge is 0.242 e. The molecule has 1 aliphatic heterocycles. The lowest BCUT2D eigenvalue weighted by molar-refractivity contribution is -0.121. The zero-order valence-corrected chi connectivity index (χ0v) is 16.7. The minimum atomic E-state index is -0.502. The van der Waals surface area contributed by atoms with E-state index in [1.165, 1.54) is 12.1 Å². The first-order valence-electron chi connectivity index (χ1n) is 9.75. The van der Waals surface area contributed by atoms with Crippen molar-refractivity contribution in [1.29, 1.82) is 0 Å². The summed E-state index contributed by atoms with van der Waals surface area (Å²) >= 11 is 5.94. The number of anilines is 1. The fourth-order valence-electron chi connectivity index (χ4n) is 3.64. The number of para-hydroxylation sites is 1. The molecule has 0 aliphatic carbocycles. The number of hydrogen-bond donors (Lipinski definition) is 2. The van der Waals surface area contributed by atoms with Crippen LogP contribution in [-0.2, 0) is 4.79 Å². The van der Waals surface area contributed by atoms with Crippen molar-refractivity contribution < 1.29 is 9.18 Å². The largest absolute Gasteiger partial charge is 0.354 e. The van der Waals surface area contributed by atoms with Crippen LogP contribution in [0.4, 0.5) is 10.3 Å². The van der Waals surface area contributed by atoms with Gasteiger partial charge in [-0.25, -0.2) is 14.4 Å². The molecule has 0 saturated carbocycles. The maximum Gasteiger partial charge on any atom is 0.242 e. The Morgan fingerprint density at radius 1 is 1.17 bits per heavy atom. The molecular weight excluding hydrogens is 407 g/mol. The Morgan fingerprint density at radius 3 is 2.90 bits per heavy atom. The molecule has 1 amide bonds. The SMILES string of the molecule is O=C1NCCCC[C@H]1Nc1nc2ccccc2c2nc(-c3ccc(F)c(Cl)c3)nn12. The molecule has 2 aromatic heterocycles. The summed E-state index contributed by atoms with van der Waals surface area (Å²) in [6, 6.07) is 11.5. The third kappa shape index (κ3) is 3.33. The highest BCUT2D eigenvalue weighted by Crippen LogP contribution is 2.27. The van der Waals surface area contributed by atoms with Gasteiger partial charge in [0.1, 0.15) is 11.9 Å². The molecule has 30 heavy (non-hydrogen) atoms. The first-order chi connectivity index (χ1) is 14.6. The predicted molar refractivity (Wildman–Crippen MR) is 113 cm³/mol. The summed E-state index contributed by atoms with van der Waals surface area (Å²) in [6.07, 6.45) is 2.59. The van der Waals surface area contributed by atoms with E-state index < -0.39 is 11.9 Å². The van der Waals surface area contributed by atoms with Gasteiger partial charge in [0.05, 0.1) is 10.5 Å². The van der Waals surface area contributed by atoms with E-state index in [0.717, 1.165) is 23.7 Å². The molecule has 2 N–H and O–H groups in total. The number of benzene rings is 2. The fourth-order valence-corrected chi connectivity index (χ4v) is 3.82.